The zero-order chi connectivity index (χ0) is 29.4. The van der Waals surface area contributed by atoms with Gasteiger partial charge in [-0.3, -0.25) is 28.9 Å². The van der Waals surface area contributed by atoms with Crippen LogP contribution in [0.1, 0.15) is 55.6 Å². The van der Waals surface area contributed by atoms with Crippen LogP contribution in [0, 0.1) is 29.1 Å². The highest BCUT2D eigenvalue weighted by molar-refractivity contribution is 6.34. The lowest BCUT2D eigenvalue weighted by Gasteiger charge is -2.52. The van der Waals surface area contributed by atoms with Crippen molar-refractivity contribution in [2.24, 2.45) is 34.8 Å². The maximum atomic E-state index is 13.8. The lowest BCUT2D eigenvalue weighted by molar-refractivity contribution is -0.181. The van der Waals surface area contributed by atoms with E-state index in [0.717, 1.165) is 0 Å². The number of carbonyl (C=O) groups is 5. The van der Waals surface area contributed by atoms with Crippen LogP contribution in [-0.4, -0.2) is 75.9 Å². The maximum absolute atomic E-state index is 13.8. The fourth-order valence-electron chi connectivity index (χ4n) is 6.41. The molecule has 0 spiro atoms. The number of hydrogen-bond acceptors (Lipinski definition) is 9. The van der Waals surface area contributed by atoms with Gasteiger partial charge >= 0.3 is 0 Å². The molecule has 0 aliphatic heterocycles. The molecule has 212 valence electrons. The second kappa shape index (κ2) is 9.76. The predicted octanol–water partition coefficient (Wildman–Crippen LogP) is 1.04. The number of fused-ring (bicyclic) bond motifs is 3. The van der Waals surface area contributed by atoms with E-state index in [2.05, 4.69) is 26.1 Å². The quantitative estimate of drug-likeness (QED) is 0.384. The number of likely N-dealkylation sites (N-methyl/N-ethyl adjacent to an activating group) is 1. The van der Waals surface area contributed by atoms with E-state index in [0.29, 0.717) is 22.7 Å². The van der Waals surface area contributed by atoms with Gasteiger partial charge in [0.15, 0.2) is 34.7 Å². The molecule has 1 aromatic carbocycles. The molecule has 3 aliphatic rings. The number of Topliss-reactive ketones (excluding diaryl/α,β-unsaturated/α-hetero) is 4. The predicted molar refractivity (Wildman–Crippen MR) is 142 cm³/mol. The number of aliphatic hydroxyl groups is 1. The van der Waals surface area contributed by atoms with Crippen molar-refractivity contribution in [1.82, 2.24) is 10.2 Å². The molecule has 11 heteroatoms. The van der Waals surface area contributed by atoms with Crippen LogP contribution >= 0.6 is 11.6 Å². The molecular formula is C28H36ClN3O7. The minimum absolute atomic E-state index is 0.0233. The summed E-state index contributed by atoms with van der Waals surface area (Å²) in [6.07, 6.45) is 0.103. The van der Waals surface area contributed by atoms with Gasteiger partial charge in [0.05, 0.1) is 17.5 Å². The fraction of sp³-hybridized carbons (Fsp3) is 0.607. The van der Waals surface area contributed by atoms with Crippen molar-refractivity contribution in [3.05, 3.63) is 27.8 Å². The number of nitrogens with zero attached hydrogens (tertiary/aromatic N) is 1. The molecule has 3 aliphatic carbocycles. The second-order valence-corrected chi connectivity index (χ2v) is 12.9. The number of phenolic OH excluding ortho intramolecular Hbond substituents is 1. The Labute approximate surface area is 232 Å². The summed E-state index contributed by atoms with van der Waals surface area (Å²) < 4.78 is 0. The topological polar surface area (TPSA) is 167 Å². The number of nitrogens with two attached hydrogens (primary N) is 1. The zero-order valence-corrected chi connectivity index (χ0v) is 23.8. The summed E-state index contributed by atoms with van der Waals surface area (Å²) in [5.41, 5.74) is 3.43. The number of halogens is 1. The van der Waals surface area contributed by atoms with Gasteiger partial charge < -0.3 is 21.3 Å². The third-order valence-corrected chi connectivity index (χ3v) is 9.44. The number of carbonyl (C=O) groups excluding carboxylic acids is 5. The average Bonchev–Trinajstić information content (AvgIpc) is 2.81. The summed E-state index contributed by atoms with van der Waals surface area (Å²) in [5, 5.41) is 26.2. The standard InChI is InChI=1S/C28H36ClN3O7/c1-11(27(2,3)4)31-10-13-9-16(33)18-14(20(13)29)7-12-8-15-21(32(5)6)23(35)19(26(30)38)25(37)28(15,39)24(36)17(12)22(18)34/h9,11-12,15,17,19,21,31,33,39H,7-8,10H2,1-6H3,(H2,30,38). The zero-order valence-electron chi connectivity index (χ0n) is 23.0. The summed E-state index contributed by atoms with van der Waals surface area (Å²) in [5.74, 6) is -10.8. The summed E-state index contributed by atoms with van der Waals surface area (Å²) in [7, 11) is 3.09. The van der Waals surface area contributed by atoms with Crippen LogP contribution in [0.25, 0.3) is 0 Å². The Balaban J connectivity index is 1.77. The minimum Gasteiger partial charge on any atom is -0.507 e. The Morgan fingerprint density at radius 2 is 1.85 bits per heavy atom. The Hall–Kier alpha value is -2.66. The van der Waals surface area contributed by atoms with Gasteiger partial charge in [-0.2, -0.15) is 0 Å². The van der Waals surface area contributed by atoms with Gasteiger partial charge in [0.1, 0.15) is 5.75 Å². The van der Waals surface area contributed by atoms with Crippen LogP contribution in [0.3, 0.4) is 0 Å². The van der Waals surface area contributed by atoms with Gasteiger partial charge in [-0.25, -0.2) is 0 Å². The Bertz CT molecular complexity index is 1290. The molecule has 0 heterocycles. The lowest BCUT2D eigenvalue weighted by Crippen LogP contribution is -2.74. The van der Waals surface area contributed by atoms with Gasteiger partial charge in [0.2, 0.25) is 5.91 Å². The third kappa shape index (κ3) is 4.41. The maximum Gasteiger partial charge on any atom is 0.235 e. The van der Waals surface area contributed by atoms with Crippen LogP contribution in [0.15, 0.2) is 6.07 Å². The highest BCUT2D eigenvalue weighted by Gasteiger charge is 2.69. The van der Waals surface area contributed by atoms with Crippen LogP contribution in [0.4, 0.5) is 0 Å². The number of nitrogens with one attached hydrogen (secondary N) is 1. The first kappa shape index (κ1) is 29.3. The molecule has 7 unspecified atom stereocenters. The molecule has 2 fully saturated rings. The number of aromatic hydroxyl groups is 1. The van der Waals surface area contributed by atoms with Crippen molar-refractivity contribution in [3.8, 4) is 5.75 Å². The molecule has 5 N–H and O–H groups in total. The van der Waals surface area contributed by atoms with Crippen LogP contribution in [0.5, 0.6) is 5.75 Å². The first-order valence-corrected chi connectivity index (χ1v) is 13.4. The van der Waals surface area contributed by atoms with E-state index in [1.807, 2.05) is 6.92 Å². The number of ketones is 4. The molecule has 1 aromatic rings. The minimum atomic E-state index is -2.75. The number of hydrogen-bond donors (Lipinski definition) is 4. The fourth-order valence-corrected chi connectivity index (χ4v) is 6.70. The van der Waals surface area contributed by atoms with E-state index >= 15 is 0 Å². The van der Waals surface area contributed by atoms with Gasteiger partial charge in [0, 0.05) is 23.5 Å². The highest BCUT2D eigenvalue weighted by atomic mass is 35.5. The van der Waals surface area contributed by atoms with E-state index in [1.165, 1.54) is 11.0 Å². The van der Waals surface area contributed by atoms with Gasteiger partial charge in [-0.05, 0) is 62.4 Å². The molecule has 1 amide bonds. The Morgan fingerprint density at radius 3 is 2.38 bits per heavy atom. The number of primary amides is 1. The molecule has 0 radical (unpaired) electrons. The van der Waals surface area contributed by atoms with Gasteiger partial charge in [-0.15, -0.1) is 0 Å². The largest absolute Gasteiger partial charge is 0.507 e. The van der Waals surface area contributed by atoms with Crippen LogP contribution in [-0.2, 0) is 32.1 Å². The molecule has 0 bridgehead atoms. The summed E-state index contributed by atoms with van der Waals surface area (Å²) in [6, 6.07) is 0.354. The summed E-state index contributed by atoms with van der Waals surface area (Å²) >= 11 is 6.77. The molecule has 0 saturated heterocycles. The smallest absolute Gasteiger partial charge is 0.235 e. The summed E-state index contributed by atoms with van der Waals surface area (Å²) in [6.45, 7) is 8.63. The number of phenols is 1. The van der Waals surface area contributed by atoms with E-state index in [4.69, 9.17) is 17.3 Å². The van der Waals surface area contributed by atoms with Crippen molar-refractivity contribution in [3.63, 3.8) is 0 Å². The van der Waals surface area contributed by atoms with E-state index in [9.17, 15) is 34.2 Å². The van der Waals surface area contributed by atoms with Crippen LogP contribution < -0.4 is 11.1 Å². The Kier molecular flexibility index (Phi) is 7.34. The molecule has 7 atom stereocenters. The number of amides is 1. The molecule has 2 saturated carbocycles. The van der Waals surface area contributed by atoms with Crippen molar-refractivity contribution < 1.29 is 34.2 Å². The van der Waals surface area contributed by atoms with E-state index in [1.54, 1.807) is 14.1 Å². The van der Waals surface area contributed by atoms with Crippen molar-refractivity contribution in [2.75, 3.05) is 14.1 Å². The average molecular weight is 562 g/mol. The highest BCUT2D eigenvalue weighted by Crippen LogP contribution is 2.51. The number of benzene rings is 1. The Morgan fingerprint density at radius 1 is 1.23 bits per heavy atom. The van der Waals surface area contributed by atoms with Gasteiger partial charge in [0.25, 0.3) is 0 Å². The second-order valence-electron chi connectivity index (χ2n) is 12.5. The van der Waals surface area contributed by atoms with Gasteiger partial charge in [-0.1, -0.05) is 32.4 Å². The van der Waals surface area contributed by atoms with Crippen molar-refractivity contribution in [2.45, 2.75) is 64.8 Å². The summed E-state index contributed by atoms with van der Waals surface area (Å²) in [4.78, 5) is 67.5. The first-order valence-electron chi connectivity index (χ1n) is 13.1. The SMILES string of the molecule is CC(NCc1cc(O)c2c(c1Cl)CC1CC3C(N(C)C)C(=O)C(C(N)=O)C(=O)C3(O)C(=O)C1C2=O)C(C)(C)C. The number of rotatable bonds is 5. The van der Waals surface area contributed by atoms with E-state index < -0.39 is 64.4 Å². The molecule has 39 heavy (non-hydrogen) atoms. The van der Waals surface area contributed by atoms with E-state index in [-0.39, 0.29) is 35.6 Å². The van der Waals surface area contributed by atoms with Crippen LogP contribution in [0.2, 0.25) is 5.02 Å². The molecule has 4 rings (SSSR count). The molecule has 10 nitrogen and oxygen atoms in total. The molecular weight excluding hydrogens is 526 g/mol. The normalized spacial score (nSPS) is 31.6. The van der Waals surface area contributed by atoms with Crippen molar-refractivity contribution >= 4 is 40.6 Å². The molecule has 0 aromatic heterocycles. The third-order valence-electron chi connectivity index (χ3n) is 8.97. The van der Waals surface area contributed by atoms with Crippen molar-refractivity contribution in [1.29, 1.82) is 0 Å². The monoisotopic (exact) mass is 561 g/mol. The lowest BCUT2D eigenvalue weighted by atomic mass is 9.52. The first-order chi connectivity index (χ1) is 17.9.